The fraction of sp³-hybridized carbons (Fsp3) is 0.937. The lowest BCUT2D eigenvalue weighted by molar-refractivity contribution is -0.161. The van der Waals surface area contributed by atoms with Crippen LogP contribution in [0.15, 0.2) is 0 Å². The molecule has 0 spiro atoms. The predicted molar refractivity (Wildman–Crippen MR) is 326 cm³/mol. The Morgan fingerprint density at radius 1 is 0.329 bits per heavy atom. The van der Waals surface area contributed by atoms with Gasteiger partial charge in [-0.3, -0.25) is 37.3 Å². The normalized spacial score (nSPS) is 14.3. The number of phosphoric ester groups is 2. The van der Waals surface area contributed by atoms with Crippen molar-refractivity contribution in [3.63, 3.8) is 0 Å². The molecule has 82 heavy (non-hydrogen) atoms. The van der Waals surface area contributed by atoms with Crippen LogP contribution in [-0.4, -0.2) is 96.7 Å². The third-order valence-electron chi connectivity index (χ3n) is 14.5. The summed E-state index contributed by atoms with van der Waals surface area (Å²) in [6.07, 6.45) is 40.6. The molecule has 0 amide bonds. The van der Waals surface area contributed by atoms with Gasteiger partial charge in [-0.05, 0) is 31.6 Å². The molecule has 19 heteroatoms. The number of phosphoric acid groups is 2. The molecule has 0 aliphatic heterocycles. The summed E-state index contributed by atoms with van der Waals surface area (Å²) in [6.45, 7) is 7.10. The van der Waals surface area contributed by atoms with Gasteiger partial charge in [0.05, 0.1) is 26.4 Å². The van der Waals surface area contributed by atoms with Gasteiger partial charge in [-0.25, -0.2) is 9.13 Å². The van der Waals surface area contributed by atoms with Crippen LogP contribution in [0.3, 0.4) is 0 Å². The van der Waals surface area contributed by atoms with Gasteiger partial charge in [0, 0.05) is 25.7 Å². The minimum absolute atomic E-state index is 0.105. The molecule has 0 bridgehead atoms. The Kier molecular flexibility index (Phi) is 55.5. The zero-order valence-electron chi connectivity index (χ0n) is 52.6. The monoisotopic (exact) mass is 1210 g/mol. The zero-order valence-corrected chi connectivity index (χ0v) is 54.4. The Hall–Kier alpha value is -1.94. The highest BCUT2D eigenvalue weighted by Crippen LogP contribution is 2.45. The number of unbranched alkanes of at least 4 members (excludes halogenated alkanes) is 35. The first kappa shape index (κ1) is 80.1. The SMILES string of the molecule is CCCCCCCCCCCCCCCC(=O)OC[C@H](COP(=O)(O)OC[C@@H](O)COP(=O)(O)OC[C@@H](COC(=O)CCCCCCC)OC(=O)CCCCCCCCCCC)OC(=O)CCCCCCCCCCCCCCC(C)C. The van der Waals surface area contributed by atoms with Crippen LogP contribution in [-0.2, 0) is 65.4 Å². The fourth-order valence-electron chi connectivity index (χ4n) is 9.41. The maximum Gasteiger partial charge on any atom is 0.472 e. The minimum Gasteiger partial charge on any atom is -0.462 e. The molecule has 5 atom stereocenters. The van der Waals surface area contributed by atoms with Crippen molar-refractivity contribution in [3.05, 3.63) is 0 Å². The van der Waals surface area contributed by atoms with Gasteiger partial charge in [-0.15, -0.1) is 0 Å². The van der Waals surface area contributed by atoms with E-state index in [-0.39, 0.29) is 25.7 Å². The first-order valence-corrected chi connectivity index (χ1v) is 36.1. The summed E-state index contributed by atoms with van der Waals surface area (Å²) < 4.78 is 67.7. The molecular formula is C63H122O17P2. The molecule has 3 N–H and O–H groups in total. The molecule has 0 aromatic rings. The molecule has 0 fully saturated rings. The van der Waals surface area contributed by atoms with Crippen molar-refractivity contribution in [1.29, 1.82) is 0 Å². The third kappa shape index (κ3) is 57.2. The number of hydrogen-bond acceptors (Lipinski definition) is 15. The lowest BCUT2D eigenvalue weighted by atomic mass is 10.0. The standard InChI is InChI=1S/C63H122O17P2/c1-6-9-12-15-17-19-20-21-25-29-32-37-42-47-61(66)74-53-59(80-63(68)49-44-39-34-30-26-23-22-24-28-31-36-40-45-56(4)5)55-78-82(71,72)76-51-57(64)50-75-81(69,70)77-54-58(52-73-60(65)46-41-35-14-11-8-3)79-62(67)48-43-38-33-27-18-16-13-10-7-2/h56-59,64H,6-55H2,1-5H3,(H,69,70)(H,71,72)/t57-,58+,59+/m0/s1. The van der Waals surface area contributed by atoms with Crippen molar-refractivity contribution >= 4 is 39.5 Å². The minimum atomic E-state index is -4.94. The van der Waals surface area contributed by atoms with Crippen LogP contribution in [0.25, 0.3) is 0 Å². The molecule has 0 rings (SSSR count). The van der Waals surface area contributed by atoms with E-state index in [0.717, 1.165) is 102 Å². The Morgan fingerprint density at radius 2 is 0.561 bits per heavy atom. The van der Waals surface area contributed by atoms with Gasteiger partial charge in [0.1, 0.15) is 19.3 Å². The molecule has 486 valence electrons. The van der Waals surface area contributed by atoms with Crippen LogP contribution in [0.1, 0.15) is 317 Å². The van der Waals surface area contributed by atoms with Crippen LogP contribution >= 0.6 is 15.6 Å². The van der Waals surface area contributed by atoms with Crippen LogP contribution < -0.4 is 0 Å². The maximum atomic E-state index is 13.0. The smallest absolute Gasteiger partial charge is 0.462 e. The predicted octanol–water partition coefficient (Wildman–Crippen LogP) is 17.4. The summed E-state index contributed by atoms with van der Waals surface area (Å²) >= 11 is 0. The van der Waals surface area contributed by atoms with E-state index in [2.05, 4.69) is 34.6 Å². The summed E-state index contributed by atoms with van der Waals surface area (Å²) in [5.41, 5.74) is 0. The second-order valence-corrected chi connectivity index (χ2v) is 26.2. The Balaban J connectivity index is 5.17. The average Bonchev–Trinajstić information content (AvgIpc) is 3.45. The second kappa shape index (κ2) is 56.8. The molecule has 17 nitrogen and oxygen atoms in total. The Bertz CT molecular complexity index is 1600. The van der Waals surface area contributed by atoms with E-state index in [1.807, 2.05) is 0 Å². The molecule has 0 saturated carbocycles. The Labute approximate surface area is 498 Å². The molecule has 2 unspecified atom stereocenters. The summed E-state index contributed by atoms with van der Waals surface area (Å²) in [5.74, 6) is -1.37. The van der Waals surface area contributed by atoms with E-state index >= 15 is 0 Å². The van der Waals surface area contributed by atoms with Crippen molar-refractivity contribution in [2.45, 2.75) is 335 Å². The summed E-state index contributed by atoms with van der Waals surface area (Å²) in [6, 6.07) is 0. The van der Waals surface area contributed by atoms with Crippen molar-refractivity contribution in [2.24, 2.45) is 5.92 Å². The summed E-state index contributed by atoms with van der Waals surface area (Å²) in [4.78, 5) is 71.9. The lowest BCUT2D eigenvalue weighted by Gasteiger charge is -2.21. The number of esters is 4. The molecular weight excluding hydrogens is 1090 g/mol. The number of rotatable bonds is 63. The van der Waals surface area contributed by atoms with Gasteiger partial charge in [-0.2, -0.15) is 0 Å². The van der Waals surface area contributed by atoms with Crippen molar-refractivity contribution in [1.82, 2.24) is 0 Å². The van der Waals surface area contributed by atoms with E-state index < -0.39 is 97.5 Å². The molecule has 0 aliphatic carbocycles. The number of hydrogen-bond donors (Lipinski definition) is 3. The lowest BCUT2D eigenvalue weighted by Crippen LogP contribution is -2.30. The molecule has 0 aromatic heterocycles. The van der Waals surface area contributed by atoms with Crippen LogP contribution in [0.4, 0.5) is 0 Å². The highest BCUT2D eigenvalue weighted by Gasteiger charge is 2.30. The van der Waals surface area contributed by atoms with E-state index in [0.29, 0.717) is 25.7 Å². The first-order chi connectivity index (χ1) is 39.5. The zero-order chi connectivity index (χ0) is 60.6. The van der Waals surface area contributed by atoms with Crippen LogP contribution in [0.2, 0.25) is 0 Å². The van der Waals surface area contributed by atoms with Gasteiger partial charge in [0.2, 0.25) is 0 Å². The molecule has 0 saturated heterocycles. The number of aliphatic hydroxyl groups excluding tert-OH is 1. The van der Waals surface area contributed by atoms with E-state index in [1.165, 1.54) is 135 Å². The fourth-order valence-corrected chi connectivity index (χ4v) is 11.0. The number of aliphatic hydroxyl groups is 1. The van der Waals surface area contributed by atoms with E-state index in [1.54, 1.807) is 0 Å². The van der Waals surface area contributed by atoms with E-state index in [4.69, 9.17) is 37.0 Å². The second-order valence-electron chi connectivity index (χ2n) is 23.3. The Morgan fingerprint density at radius 3 is 0.829 bits per heavy atom. The van der Waals surface area contributed by atoms with Crippen molar-refractivity contribution < 1.29 is 80.2 Å². The highest BCUT2D eigenvalue weighted by molar-refractivity contribution is 7.47. The van der Waals surface area contributed by atoms with Gasteiger partial charge in [0.25, 0.3) is 0 Å². The van der Waals surface area contributed by atoms with Gasteiger partial charge in [-0.1, -0.05) is 266 Å². The van der Waals surface area contributed by atoms with Crippen molar-refractivity contribution in [3.8, 4) is 0 Å². The number of carbonyl (C=O) groups is 4. The third-order valence-corrected chi connectivity index (χ3v) is 16.4. The molecule has 0 aliphatic rings. The van der Waals surface area contributed by atoms with Gasteiger partial charge < -0.3 is 33.8 Å². The largest absolute Gasteiger partial charge is 0.472 e. The first-order valence-electron chi connectivity index (χ1n) is 33.1. The molecule has 0 aromatic carbocycles. The van der Waals surface area contributed by atoms with E-state index in [9.17, 15) is 43.2 Å². The topological polar surface area (TPSA) is 237 Å². The number of ether oxygens (including phenoxy) is 4. The molecule has 0 heterocycles. The van der Waals surface area contributed by atoms with Crippen LogP contribution in [0.5, 0.6) is 0 Å². The number of carbonyl (C=O) groups excluding carboxylic acids is 4. The van der Waals surface area contributed by atoms with Crippen molar-refractivity contribution in [2.75, 3.05) is 39.6 Å². The van der Waals surface area contributed by atoms with Crippen LogP contribution in [0, 0.1) is 5.92 Å². The summed E-state index contributed by atoms with van der Waals surface area (Å²) in [7, 11) is -9.87. The summed E-state index contributed by atoms with van der Waals surface area (Å²) in [5, 5.41) is 10.5. The maximum absolute atomic E-state index is 13.0. The highest BCUT2D eigenvalue weighted by atomic mass is 31.2. The average molecular weight is 1210 g/mol. The molecule has 0 radical (unpaired) electrons. The quantitative estimate of drug-likeness (QED) is 0.0222. The van der Waals surface area contributed by atoms with Gasteiger partial charge in [0.15, 0.2) is 12.2 Å². The van der Waals surface area contributed by atoms with Gasteiger partial charge >= 0.3 is 39.5 Å².